The molecule has 0 bridgehead atoms. The highest BCUT2D eigenvalue weighted by atomic mass is 16.5. The summed E-state index contributed by atoms with van der Waals surface area (Å²) in [5.74, 6) is -0.102. The van der Waals surface area contributed by atoms with Crippen molar-refractivity contribution < 1.29 is 28.5 Å². The summed E-state index contributed by atoms with van der Waals surface area (Å²) in [6, 6.07) is 8.65. The van der Waals surface area contributed by atoms with Gasteiger partial charge in [0, 0.05) is 30.7 Å². The molecule has 1 aromatic carbocycles. The van der Waals surface area contributed by atoms with Crippen LogP contribution in [0.2, 0.25) is 0 Å². The van der Waals surface area contributed by atoms with Crippen molar-refractivity contribution in [3.05, 3.63) is 52.8 Å². The average Bonchev–Trinajstić information content (AvgIpc) is 3.38. The Kier molecular flexibility index (Phi) is 7.87. The molecule has 1 aliphatic rings. The normalized spacial score (nSPS) is 16.8. The van der Waals surface area contributed by atoms with E-state index in [-0.39, 0.29) is 24.5 Å². The van der Waals surface area contributed by atoms with Crippen LogP contribution < -0.4 is 4.74 Å². The third-order valence-electron chi connectivity index (χ3n) is 5.52. The third kappa shape index (κ3) is 5.74. The Morgan fingerprint density at radius 2 is 1.97 bits per heavy atom. The topological polar surface area (TPSA) is 76.0 Å². The first-order valence-corrected chi connectivity index (χ1v) is 10.6. The largest absolute Gasteiger partial charge is 0.491 e. The molecule has 1 saturated heterocycles. The van der Waals surface area contributed by atoms with Crippen LogP contribution in [0.4, 0.5) is 0 Å². The molecule has 0 aliphatic carbocycles. The van der Waals surface area contributed by atoms with Gasteiger partial charge in [-0.3, -0.25) is 4.79 Å². The number of ketones is 1. The van der Waals surface area contributed by atoms with Crippen molar-refractivity contribution in [2.24, 2.45) is 0 Å². The van der Waals surface area contributed by atoms with E-state index in [1.165, 1.54) is 0 Å². The monoisotopic (exact) mass is 429 g/mol. The van der Waals surface area contributed by atoms with E-state index in [4.69, 9.17) is 18.9 Å². The van der Waals surface area contributed by atoms with Gasteiger partial charge >= 0.3 is 5.97 Å². The molecular weight excluding hydrogens is 398 g/mol. The molecular formula is C24H31NO6. The number of carbonyl (C=O) groups is 2. The third-order valence-corrected chi connectivity index (χ3v) is 5.52. The molecule has 2 aromatic rings. The highest BCUT2D eigenvalue weighted by molar-refractivity contribution is 6.00. The molecule has 2 atom stereocenters. The zero-order valence-electron chi connectivity index (χ0n) is 18.7. The van der Waals surface area contributed by atoms with Gasteiger partial charge in [0.25, 0.3) is 0 Å². The number of methoxy groups -OCH3 is 1. The molecule has 1 fully saturated rings. The van der Waals surface area contributed by atoms with Crippen molar-refractivity contribution in [2.45, 2.75) is 45.8 Å². The van der Waals surface area contributed by atoms with Gasteiger partial charge in [-0.25, -0.2) is 4.79 Å². The van der Waals surface area contributed by atoms with Crippen molar-refractivity contribution in [3.63, 3.8) is 0 Å². The number of ether oxygens (including phenoxy) is 4. The molecule has 0 radical (unpaired) electrons. The van der Waals surface area contributed by atoms with Gasteiger partial charge in [-0.05, 0) is 63.9 Å². The number of rotatable bonds is 10. The van der Waals surface area contributed by atoms with E-state index < -0.39 is 5.97 Å². The minimum atomic E-state index is -0.541. The quantitative estimate of drug-likeness (QED) is 0.421. The molecule has 3 rings (SSSR count). The lowest BCUT2D eigenvalue weighted by atomic mass is 10.1. The van der Waals surface area contributed by atoms with Gasteiger partial charge in [0.05, 0.1) is 24.3 Å². The summed E-state index contributed by atoms with van der Waals surface area (Å²) in [6.07, 6.45) is 2.20. The number of benzene rings is 1. The highest BCUT2D eigenvalue weighted by Crippen LogP contribution is 2.22. The van der Waals surface area contributed by atoms with Gasteiger partial charge in [0.15, 0.2) is 6.61 Å². The summed E-state index contributed by atoms with van der Waals surface area (Å²) in [6.45, 7) is 7.40. The highest BCUT2D eigenvalue weighted by Gasteiger charge is 2.20. The lowest BCUT2D eigenvalue weighted by Gasteiger charge is -2.17. The lowest BCUT2D eigenvalue weighted by molar-refractivity contribution is 0.0474. The number of hydrogen-bond acceptors (Lipinski definition) is 6. The second kappa shape index (κ2) is 10.6. The molecule has 0 unspecified atom stereocenters. The van der Waals surface area contributed by atoms with Crippen LogP contribution in [0.5, 0.6) is 5.75 Å². The van der Waals surface area contributed by atoms with Gasteiger partial charge in [-0.2, -0.15) is 0 Å². The molecule has 7 nitrogen and oxygen atoms in total. The summed E-state index contributed by atoms with van der Waals surface area (Å²) in [4.78, 5) is 25.0. The Hall–Kier alpha value is -2.64. The van der Waals surface area contributed by atoms with E-state index in [1.54, 1.807) is 31.4 Å². The van der Waals surface area contributed by atoms with Crippen LogP contribution in [0.15, 0.2) is 30.3 Å². The summed E-state index contributed by atoms with van der Waals surface area (Å²) in [7, 11) is 1.65. The van der Waals surface area contributed by atoms with Crippen LogP contribution in [-0.4, -0.2) is 56.0 Å². The number of carbonyl (C=O) groups excluding carboxylic acids is 2. The number of nitrogens with zero attached hydrogens (tertiary/aromatic N) is 1. The van der Waals surface area contributed by atoms with Crippen molar-refractivity contribution in [1.29, 1.82) is 0 Å². The number of hydrogen-bond donors (Lipinski definition) is 0. The first-order valence-electron chi connectivity index (χ1n) is 10.6. The molecule has 0 spiro atoms. The fourth-order valence-electron chi connectivity index (χ4n) is 4.00. The maximum atomic E-state index is 12.7. The first-order chi connectivity index (χ1) is 14.9. The Labute approximate surface area is 183 Å². The van der Waals surface area contributed by atoms with Crippen LogP contribution in [0.25, 0.3) is 0 Å². The fraction of sp³-hybridized carbons (Fsp3) is 0.500. The van der Waals surface area contributed by atoms with E-state index in [2.05, 4.69) is 4.57 Å². The summed E-state index contributed by atoms with van der Waals surface area (Å²) >= 11 is 0. The Morgan fingerprint density at radius 3 is 2.61 bits per heavy atom. The molecule has 7 heteroatoms. The van der Waals surface area contributed by atoms with E-state index in [1.807, 2.05) is 26.8 Å². The summed E-state index contributed by atoms with van der Waals surface area (Å²) < 4.78 is 23.8. The minimum absolute atomic E-state index is 0.107. The standard InChI is InChI=1S/C24H31NO6/c1-16-12-22(18(3)25(16)17(2)13-28-4)23(26)15-31-24(27)19-7-9-20(10-8-19)30-14-21-6-5-11-29-21/h7-10,12,17,21H,5-6,11,13-15H2,1-4H3/t17-,21-/m1/s1. The zero-order valence-corrected chi connectivity index (χ0v) is 18.7. The van der Waals surface area contributed by atoms with Crippen LogP contribution >= 0.6 is 0 Å². The number of esters is 1. The molecule has 1 aliphatic heterocycles. The predicted molar refractivity (Wildman–Crippen MR) is 116 cm³/mol. The maximum absolute atomic E-state index is 12.7. The second-order valence-electron chi connectivity index (χ2n) is 7.93. The SMILES string of the molecule is COC[C@@H](C)n1c(C)cc(C(=O)COC(=O)c2ccc(OC[C@H]3CCCO3)cc2)c1C. The van der Waals surface area contributed by atoms with E-state index >= 15 is 0 Å². The average molecular weight is 430 g/mol. The van der Waals surface area contributed by atoms with Crippen molar-refractivity contribution in [3.8, 4) is 5.75 Å². The molecule has 1 aromatic heterocycles. The first kappa shape index (κ1) is 23.0. The van der Waals surface area contributed by atoms with Crippen molar-refractivity contribution in [2.75, 3.05) is 33.5 Å². The minimum Gasteiger partial charge on any atom is -0.491 e. The maximum Gasteiger partial charge on any atom is 0.338 e. The van der Waals surface area contributed by atoms with E-state index in [0.29, 0.717) is 30.1 Å². The molecule has 0 amide bonds. The molecule has 2 heterocycles. The van der Waals surface area contributed by atoms with Crippen molar-refractivity contribution in [1.82, 2.24) is 4.57 Å². The van der Waals surface area contributed by atoms with Gasteiger partial charge < -0.3 is 23.5 Å². The molecule has 0 saturated carbocycles. The van der Waals surface area contributed by atoms with E-state index in [9.17, 15) is 9.59 Å². The summed E-state index contributed by atoms with van der Waals surface area (Å²) in [5.41, 5.74) is 2.74. The Balaban J connectivity index is 1.54. The van der Waals surface area contributed by atoms with Crippen LogP contribution in [0.1, 0.15) is 57.9 Å². The van der Waals surface area contributed by atoms with Crippen LogP contribution in [-0.2, 0) is 14.2 Å². The Morgan fingerprint density at radius 1 is 1.23 bits per heavy atom. The van der Waals surface area contributed by atoms with Gasteiger partial charge in [0.2, 0.25) is 5.78 Å². The van der Waals surface area contributed by atoms with E-state index in [0.717, 1.165) is 30.8 Å². The summed E-state index contributed by atoms with van der Waals surface area (Å²) in [5, 5.41) is 0. The molecule has 168 valence electrons. The predicted octanol–water partition coefficient (Wildman–Crippen LogP) is 3.91. The smallest absolute Gasteiger partial charge is 0.338 e. The van der Waals surface area contributed by atoms with Gasteiger partial charge in [-0.1, -0.05) is 0 Å². The van der Waals surface area contributed by atoms with Crippen molar-refractivity contribution >= 4 is 11.8 Å². The number of Topliss-reactive ketones (excluding diaryl/α,β-unsaturated/α-hetero) is 1. The Bertz CT molecular complexity index is 896. The molecule has 0 N–H and O–H groups in total. The lowest BCUT2D eigenvalue weighted by Crippen LogP contribution is -2.17. The number of aryl methyl sites for hydroxylation is 1. The van der Waals surface area contributed by atoms with Crippen LogP contribution in [0, 0.1) is 13.8 Å². The second-order valence-corrected chi connectivity index (χ2v) is 7.93. The van der Waals surface area contributed by atoms with Gasteiger partial charge in [-0.15, -0.1) is 0 Å². The fourth-order valence-corrected chi connectivity index (χ4v) is 4.00. The molecule has 31 heavy (non-hydrogen) atoms. The zero-order chi connectivity index (χ0) is 22.4. The number of aromatic nitrogens is 1. The van der Waals surface area contributed by atoms with Gasteiger partial charge in [0.1, 0.15) is 12.4 Å². The van der Waals surface area contributed by atoms with Crippen LogP contribution in [0.3, 0.4) is 0 Å².